The summed E-state index contributed by atoms with van der Waals surface area (Å²) >= 11 is 0. The van der Waals surface area contributed by atoms with Crippen LogP contribution in [0.4, 0.5) is 0 Å². The number of ether oxygens (including phenoxy) is 1. The maximum absolute atomic E-state index is 11.9. The molecule has 2 fully saturated rings. The highest BCUT2D eigenvalue weighted by molar-refractivity contribution is 5.81. The van der Waals surface area contributed by atoms with Gasteiger partial charge in [0.15, 0.2) is 0 Å². The first-order valence-corrected chi connectivity index (χ1v) is 5.36. The molecule has 1 amide bonds. The number of carbonyl (C=O) groups is 1. The molecule has 80 valence electrons. The molecule has 1 saturated carbocycles. The zero-order valence-corrected chi connectivity index (χ0v) is 8.32. The Kier molecular flexibility index (Phi) is 3.03. The maximum Gasteiger partial charge on any atom is 0.252 e. The SMILES string of the molecule is O=C([C@H]1CCCO1)N(CCO)C1CC1. The molecule has 1 N–H and O–H groups in total. The average molecular weight is 199 g/mol. The molecule has 0 spiro atoms. The van der Waals surface area contributed by atoms with Crippen molar-refractivity contribution in [1.82, 2.24) is 4.90 Å². The van der Waals surface area contributed by atoms with Crippen LogP contribution < -0.4 is 0 Å². The standard InChI is InChI=1S/C10H17NO3/c12-6-5-11(8-3-4-8)10(13)9-2-1-7-14-9/h8-9,12H,1-7H2/t9-/m1/s1. The van der Waals surface area contributed by atoms with Crippen molar-refractivity contribution in [1.29, 1.82) is 0 Å². The fourth-order valence-corrected chi connectivity index (χ4v) is 1.92. The molecule has 0 radical (unpaired) electrons. The fourth-order valence-electron chi connectivity index (χ4n) is 1.92. The molecule has 0 aromatic rings. The van der Waals surface area contributed by atoms with Gasteiger partial charge in [0.1, 0.15) is 6.10 Å². The fraction of sp³-hybridized carbons (Fsp3) is 0.900. The number of nitrogens with zero attached hydrogens (tertiary/aromatic N) is 1. The quantitative estimate of drug-likeness (QED) is 0.701. The van der Waals surface area contributed by atoms with Crippen LogP contribution in [0.2, 0.25) is 0 Å². The summed E-state index contributed by atoms with van der Waals surface area (Å²) in [6, 6.07) is 0.374. The number of hydrogen-bond donors (Lipinski definition) is 1. The zero-order chi connectivity index (χ0) is 9.97. The second-order valence-electron chi connectivity index (χ2n) is 3.99. The molecule has 0 aromatic carbocycles. The first-order valence-electron chi connectivity index (χ1n) is 5.36. The van der Waals surface area contributed by atoms with Gasteiger partial charge < -0.3 is 14.7 Å². The Labute approximate surface area is 83.8 Å². The van der Waals surface area contributed by atoms with E-state index in [9.17, 15) is 4.79 Å². The van der Waals surface area contributed by atoms with Crippen molar-refractivity contribution in [3.63, 3.8) is 0 Å². The van der Waals surface area contributed by atoms with Crippen LogP contribution in [0.5, 0.6) is 0 Å². The van der Waals surface area contributed by atoms with Gasteiger partial charge >= 0.3 is 0 Å². The molecule has 1 saturated heterocycles. The van der Waals surface area contributed by atoms with Crippen molar-refractivity contribution in [2.45, 2.75) is 37.8 Å². The van der Waals surface area contributed by atoms with E-state index in [4.69, 9.17) is 9.84 Å². The predicted molar refractivity (Wildman–Crippen MR) is 50.8 cm³/mol. The summed E-state index contributed by atoms with van der Waals surface area (Å²) < 4.78 is 5.35. The molecule has 0 aromatic heterocycles. The summed E-state index contributed by atoms with van der Waals surface area (Å²) in [6.45, 7) is 1.21. The van der Waals surface area contributed by atoms with Crippen LogP contribution in [0, 0.1) is 0 Å². The number of amides is 1. The number of rotatable bonds is 4. The second-order valence-corrected chi connectivity index (χ2v) is 3.99. The van der Waals surface area contributed by atoms with Gasteiger partial charge in [-0.1, -0.05) is 0 Å². The van der Waals surface area contributed by atoms with E-state index in [-0.39, 0.29) is 18.6 Å². The first kappa shape index (κ1) is 9.93. The monoisotopic (exact) mass is 199 g/mol. The molecule has 4 heteroatoms. The number of aliphatic hydroxyl groups is 1. The summed E-state index contributed by atoms with van der Waals surface area (Å²) in [7, 11) is 0. The minimum atomic E-state index is -0.234. The lowest BCUT2D eigenvalue weighted by atomic mass is 10.2. The van der Waals surface area contributed by atoms with Gasteiger partial charge in [-0.15, -0.1) is 0 Å². The van der Waals surface area contributed by atoms with E-state index in [0.29, 0.717) is 19.2 Å². The van der Waals surface area contributed by atoms with E-state index in [1.807, 2.05) is 0 Å². The Morgan fingerprint density at radius 2 is 2.21 bits per heavy atom. The van der Waals surface area contributed by atoms with Crippen molar-refractivity contribution >= 4 is 5.91 Å². The molecule has 1 aliphatic heterocycles. The Morgan fingerprint density at radius 3 is 2.71 bits per heavy atom. The van der Waals surface area contributed by atoms with E-state index >= 15 is 0 Å². The van der Waals surface area contributed by atoms with Crippen LogP contribution in [0.15, 0.2) is 0 Å². The largest absolute Gasteiger partial charge is 0.395 e. The summed E-state index contributed by atoms with van der Waals surface area (Å²) in [5.41, 5.74) is 0. The summed E-state index contributed by atoms with van der Waals surface area (Å²) in [5.74, 6) is 0.0825. The van der Waals surface area contributed by atoms with Crippen LogP contribution in [0.25, 0.3) is 0 Å². The van der Waals surface area contributed by atoms with Gasteiger partial charge in [-0.3, -0.25) is 4.79 Å². The molecule has 0 bridgehead atoms. The van der Waals surface area contributed by atoms with Gasteiger partial charge in [-0.2, -0.15) is 0 Å². The number of aliphatic hydroxyl groups excluding tert-OH is 1. The molecular formula is C10H17NO3. The third kappa shape index (κ3) is 2.07. The van der Waals surface area contributed by atoms with Crippen LogP contribution >= 0.6 is 0 Å². The van der Waals surface area contributed by atoms with Gasteiger partial charge in [-0.25, -0.2) is 0 Å². The van der Waals surface area contributed by atoms with Gasteiger partial charge in [0.25, 0.3) is 5.91 Å². The molecule has 0 unspecified atom stereocenters. The summed E-state index contributed by atoms with van der Waals surface area (Å²) in [5, 5.41) is 8.87. The van der Waals surface area contributed by atoms with Crippen molar-refractivity contribution in [2.24, 2.45) is 0 Å². The number of carbonyl (C=O) groups excluding carboxylic acids is 1. The van der Waals surface area contributed by atoms with Gasteiger partial charge in [0.05, 0.1) is 6.61 Å². The average Bonchev–Trinajstić information content (AvgIpc) is 2.88. The van der Waals surface area contributed by atoms with Crippen molar-refractivity contribution in [2.75, 3.05) is 19.8 Å². The van der Waals surface area contributed by atoms with Gasteiger partial charge in [-0.05, 0) is 25.7 Å². The Bertz CT molecular complexity index is 209. The summed E-state index contributed by atoms with van der Waals surface area (Å²) in [4.78, 5) is 13.7. The van der Waals surface area contributed by atoms with E-state index in [1.165, 1.54) is 0 Å². The normalized spacial score (nSPS) is 26.5. The minimum absolute atomic E-state index is 0.0506. The molecule has 1 aliphatic carbocycles. The second kappa shape index (κ2) is 4.28. The van der Waals surface area contributed by atoms with E-state index in [2.05, 4.69) is 0 Å². The molecule has 14 heavy (non-hydrogen) atoms. The van der Waals surface area contributed by atoms with E-state index in [1.54, 1.807) is 4.90 Å². The third-order valence-electron chi connectivity index (χ3n) is 2.82. The lowest BCUT2D eigenvalue weighted by Crippen LogP contribution is -2.42. The van der Waals surface area contributed by atoms with Crippen LogP contribution in [-0.2, 0) is 9.53 Å². The van der Waals surface area contributed by atoms with Gasteiger partial charge in [0.2, 0.25) is 0 Å². The van der Waals surface area contributed by atoms with Crippen LogP contribution in [0.1, 0.15) is 25.7 Å². The van der Waals surface area contributed by atoms with Crippen molar-refractivity contribution < 1.29 is 14.6 Å². The third-order valence-corrected chi connectivity index (χ3v) is 2.82. The molecule has 2 aliphatic rings. The molecule has 1 heterocycles. The summed E-state index contributed by atoms with van der Waals surface area (Å²) in [6.07, 6.45) is 3.75. The van der Waals surface area contributed by atoms with Gasteiger partial charge in [0, 0.05) is 19.2 Å². The Balaban J connectivity index is 1.91. The Morgan fingerprint density at radius 1 is 1.43 bits per heavy atom. The molecule has 1 atom stereocenters. The first-order chi connectivity index (χ1) is 6.83. The highest BCUT2D eigenvalue weighted by atomic mass is 16.5. The zero-order valence-electron chi connectivity index (χ0n) is 8.32. The van der Waals surface area contributed by atoms with Crippen LogP contribution in [0.3, 0.4) is 0 Å². The van der Waals surface area contributed by atoms with E-state index in [0.717, 1.165) is 25.7 Å². The topological polar surface area (TPSA) is 49.8 Å². The molecule has 2 rings (SSSR count). The Hall–Kier alpha value is -0.610. The maximum atomic E-state index is 11.9. The van der Waals surface area contributed by atoms with Crippen molar-refractivity contribution in [3.05, 3.63) is 0 Å². The highest BCUT2D eigenvalue weighted by Crippen LogP contribution is 2.28. The molecular weight excluding hydrogens is 182 g/mol. The minimum Gasteiger partial charge on any atom is -0.395 e. The number of hydrogen-bond acceptors (Lipinski definition) is 3. The van der Waals surface area contributed by atoms with Crippen molar-refractivity contribution in [3.8, 4) is 0 Å². The predicted octanol–water partition coefficient (Wildman–Crippen LogP) is 0.149. The lowest BCUT2D eigenvalue weighted by Gasteiger charge is -2.24. The smallest absolute Gasteiger partial charge is 0.252 e. The van der Waals surface area contributed by atoms with Crippen LogP contribution in [-0.4, -0.2) is 47.8 Å². The van der Waals surface area contributed by atoms with E-state index < -0.39 is 0 Å². The lowest BCUT2D eigenvalue weighted by molar-refractivity contribution is -0.142. The highest BCUT2D eigenvalue weighted by Gasteiger charge is 2.36. The molecule has 4 nitrogen and oxygen atoms in total.